The SMILES string of the molecule is Cc1ccc(C)c(S(=O)(=O)C2(C(=O)N(C)Cc3cccc(Cl)c3)CCCC2)c1. The first-order valence-corrected chi connectivity index (χ1v) is 11.4. The Morgan fingerprint density at radius 3 is 2.43 bits per heavy atom. The van der Waals surface area contributed by atoms with Gasteiger partial charge in [0.1, 0.15) is 0 Å². The van der Waals surface area contributed by atoms with Gasteiger partial charge in [0.05, 0.1) is 4.90 Å². The molecular formula is C22H26ClNO3S. The normalized spacial score (nSPS) is 16.1. The molecule has 0 unspecified atom stereocenters. The van der Waals surface area contributed by atoms with Crippen molar-refractivity contribution in [3.63, 3.8) is 0 Å². The molecule has 0 N–H and O–H groups in total. The van der Waals surface area contributed by atoms with Crippen molar-refractivity contribution in [3.05, 3.63) is 64.2 Å². The molecule has 1 aliphatic rings. The molecule has 0 bridgehead atoms. The van der Waals surface area contributed by atoms with Crippen LogP contribution in [0.3, 0.4) is 0 Å². The predicted molar refractivity (Wildman–Crippen MR) is 112 cm³/mol. The molecule has 6 heteroatoms. The maximum atomic E-state index is 13.7. The summed E-state index contributed by atoms with van der Waals surface area (Å²) in [4.78, 5) is 15.3. The molecule has 0 spiro atoms. The van der Waals surface area contributed by atoms with Crippen molar-refractivity contribution in [2.45, 2.75) is 55.7 Å². The van der Waals surface area contributed by atoms with E-state index in [1.807, 2.05) is 31.2 Å². The number of carbonyl (C=O) groups is 1. The highest BCUT2D eigenvalue weighted by Gasteiger charge is 2.54. The van der Waals surface area contributed by atoms with Crippen molar-refractivity contribution in [2.75, 3.05) is 7.05 Å². The fraction of sp³-hybridized carbons (Fsp3) is 0.409. The molecule has 1 fully saturated rings. The first-order valence-electron chi connectivity index (χ1n) is 9.49. The summed E-state index contributed by atoms with van der Waals surface area (Å²) in [5, 5.41) is 0.594. The Hall–Kier alpha value is -1.85. The fourth-order valence-electron chi connectivity index (χ4n) is 4.08. The van der Waals surface area contributed by atoms with E-state index < -0.39 is 14.6 Å². The van der Waals surface area contributed by atoms with Crippen LogP contribution in [-0.2, 0) is 21.2 Å². The molecule has 1 saturated carbocycles. The number of nitrogens with zero attached hydrogens (tertiary/aromatic N) is 1. The average molecular weight is 420 g/mol. The third kappa shape index (κ3) is 3.70. The lowest BCUT2D eigenvalue weighted by atomic mass is 10.1. The molecule has 28 heavy (non-hydrogen) atoms. The van der Waals surface area contributed by atoms with E-state index in [0.717, 1.165) is 24.0 Å². The molecule has 150 valence electrons. The van der Waals surface area contributed by atoms with Crippen LogP contribution in [0.15, 0.2) is 47.4 Å². The predicted octanol–water partition coefficient (Wildman–Crippen LogP) is 4.70. The number of sulfone groups is 1. The Kier molecular flexibility index (Phi) is 5.87. The van der Waals surface area contributed by atoms with E-state index in [0.29, 0.717) is 30.0 Å². The fourth-order valence-corrected chi connectivity index (χ4v) is 6.76. The van der Waals surface area contributed by atoms with E-state index in [9.17, 15) is 13.2 Å². The van der Waals surface area contributed by atoms with E-state index in [1.54, 1.807) is 32.2 Å². The van der Waals surface area contributed by atoms with Crippen molar-refractivity contribution >= 4 is 27.3 Å². The average Bonchev–Trinajstić information content (AvgIpc) is 3.14. The minimum atomic E-state index is -3.82. The highest BCUT2D eigenvalue weighted by Crippen LogP contribution is 2.43. The van der Waals surface area contributed by atoms with E-state index in [1.165, 1.54) is 4.90 Å². The molecule has 1 amide bonds. The van der Waals surface area contributed by atoms with Gasteiger partial charge in [0, 0.05) is 18.6 Å². The molecule has 1 aliphatic carbocycles. The molecule has 0 atom stereocenters. The number of benzene rings is 2. The van der Waals surface area contributed by atoms with Gasteiger partial charge in [0.15, 0.2) is 14.6 Å². The van der Waals surface area contributed by atoms with E-state index in [4.69, 9.17) is 11.6 Å². The van der Waals surface area contributed by atoms with Crippen molar-refractivity contribution in [3.8, 4) is 0 Å². The molecule has 4 nitrogen and oxygen atoms in total. The second kappa shape index (κ2) is 7.88. The summed E-state index contributed by atoms with van der Waals surface area (Å²) in [7, 11) is -2.15. The van der Waals surface area contributed by atoms with Crippen molar-refractivity contribution < 1.29 is 13.2 Å². The second-order valence-corrected chi connectivity index (χ2v) is 10.4. The zero-order chi connectivity index (χ0) is 20.5. The summed E-state index contributed by atoms with van der Waals surface area (Å²) >= 11 is 6.05. The van der Waals surface area contributed by atoms with Crippen LogP contribution in [0.2, 0.25) is 5.02 Å². The van der Waals surface area contributed by atoms with Gasteiger partial charge in [-0.2, -0.15) is 0 Å². The number of carbonyl (C=O) groups excluding carboxylic acids is 1. The van der Waals surface area contributed by atoms with Gasteiger partial charge >= 0.3 is 0 Å². The van der Waals surface area contributed by atoms with E-state index >= 15 is 0 Å². The van der Waals surface area contributed by atoms with Crippen molar-refractivity contribution in [1.29, 1.82) is 0 Å². The smallest absolute Gasteiger partial charge is 0.244 e. The Morgan fingerprint density at radius 2 is 1.79 bits per heavy atom. The maximum Gasteiger partial charge on any atom is 0.244 e. The van der Waals surface area contributed by atoms with E-state index in [-0.39, 0.29) is 10.8 Å². The molecule has 3 rings (SSSR count). The van der Waals surface area contributed by atoms with Crippen molar-refractivity contribution in [2.24, 2.45) is 0 Å². The molecular weight excluding hydrogens is 394 g/mol. The molecule has 0 heterocycles. The Labute approximate surface area is 172 Å². The molecule has 2 aromatic carbocycles. The molecule has 0 aromatic heterocycles. The zero-order valence-electron chi connectivity index (χ0n) is 16.5. The summed E-state index contributed by atoms with van der Waals surface area (Å²) in [6.45, 7) is 3.98. The first-order chi connectivity index (χ1) is 13.2. The highest BCUT2D eigenvalue weighted by atomic mass is 35.5. The van der Waals surface area contributed by atoms with Crippen LogP contribution >= 0.6 is 11.6 Å². The summed E-state index contributed by atoms with van der Waals surface area (Å²) in [6, 6.07) is 12.7. The number of hydrogen-bond acceptors (Lipinski definition) is 3. The topological polar surface area (TPSA) is 54.5 Å². The van der Waals surface area contributed by atoms with Crippen LogP contribution in [0.4, 0.5) is 0 Å². The van der Waals surface area contributed by atoms with Gasteiger partial charge in [0.2, 0.25) is 5.91 Å². The quantitative estimate of drug-likeness (QED) is 0.705. The summed E-state index contributed by atoms with van der Waals surface area (Å²) in [5.41, 5.74) is 2.43. The number of hydrogen-bond donors (Lipinski definition) is 0. The van der Waals surface area contributed by atoms with Gasteiger partial charge in [0.25, 0.3) is 0 Å². The number of rotatable bonds is 5. The third-order valence-corrected chi connectivity index (χ3v) is 8.47. The van der Waals surface area contributed by atoms with Gasteiger partial charge in [-0.05, 0) is 61.6 Å². The van der Waals surface area contributed by atoms with Gasteiger partial charge in [-0.15, -0.1) is 0 Å². The molecule has 2 aromatic rings. The van der Waals surface area contributed by atoms with E-state index in [2.05, 4.69) is 0 Å². The highest BCUT2D eigenvalue weighted by molar-refractivity contribution is 7.93. The third-order valence-electron chi connectivity index (χ3n) is 5.60. The van der Waals surface area contributed by atoms with Crippen LogP contribution in [0.5, 0.6) is 0 Å². The lowest BCUT2D eigenvalue weighted by molar-refractivity contribution is -0.133. The summed E-state index contributed by atoms with van der Waals surface area (Å²) in [5.74, 6) is -0.328. The minimum Gasteiger partial charge on any atom is -0.340 e. The van der Waals surface area contributed by atoms with Crippen LogP contribution in [0.1, 0.15) is 42.4 Å². The molecule has 0 radical (unpaired) electrons. The largest absolute Gasteiger partial charge is 0.340 e. The van der Waals surface area contributed by atoms with Gasteiger partial charge in [-0.1, -0.05) is 48.7 Å². The first kappa shape index (κ1) is 20.9. The maximum absolute atomic E-state index is 13.7. The Bertz CT molecular complexity index is 995. The Balaban J connectivity index is 1.99. The second-order valence-electron chi connectivity index (χ2n) is 7.76. The van der Waals surface area contributed by atoms with Gasteiger partial charge in [-0.25, -0.2) is 8.42 Å². The van der Waals surface area contributed by atoms with Gasteiger partial charge < -0.3 is 4.90 Å². The van der Waals surface area contributed by atoms with Crippen LogP contribution in [0.25, 0.3) is 0 Å². The molecule has 0 saturated heterocycles. The lowest BCUT2D eigenvalue weighted by Gasteiger charge is -2.32. The standard InChI is InChI=1S/C22H26ClNO3S/c1-16-9-10-17(2)20(13-16)28(26,27)22(11-4-5-12-22)21(25)24(3)15-18-7-6-8-19(23)14-18/h6-10,13-14H,4-5,11-12,15H2,1-3H3. The lowest BCUT2D eigenvalue weighted by Crippen LogP contribution is -2.51. The van der Waals surface area contributed by atoms with Crippen LogP contribution in [-0.4, -0.2) is 31.0 Å². The summed E-state index contributed by atoms with van der Waals surface area (Å²) < 4.78 is 26.0. The van der Waals surface area contributed by atoms with Crippen molar-refractivity contribution in [1.82, 2.24) is 4.90 Å². The van der Waals surface area contributed by atoms with Crippen LogP contribution < -0.4 is 0 Å². The number of aryl methyl sites for hydroxylation is 2. The Morgan fingerprint density at radius 1 is 1.11 bits per heavy atom. The molecule has 0 aliphatic heterocycles. The number of amides is 1. The minimum absolute atomic E-state index is 0.277. The van der Waals surface area contributed by atoms with Crippen LogP contribution in [0, 0.1) is 13.8 Å². The monoisotopic (exact) mass is 419 g/mol. The summed E-state index contributed by atoms with van der Waals surface area (Å²) in [6.07, 6.45) is 2.20. The zero-order valence-corrected chi connectivity index (χ0v) is 18.1. The number of halogens is 1. The van der Waals surface area contributed by atoms with Gasteiger partial charge in [-0.3, -0.25) is 4.79 Å².